The molecule has 4 aliphatic rings. The number of hydrogen-bond donors (Lipinski definition) is 1. The maximum absolute atomic E-state index is 12.4. The average molecular weight is 349 g/mol. The Morgan fingerprint density at radius 1 is 1.25 bits per heavy atom. The third kappa shape index (κ3) is 2.07. The van der Waals surface area contributed by atoms with E-state index < -0.39 is 5.60 Å². The molecule has 3 nitrogen and oxygen atoms in total. The molecule has 4 rings (SSSR count). The molecule has 0 aromatic carbocycles. The Bertz CT molecular complexity index is 676. The minimum Gasteiger partial charge on any atom is -0.381 e. The molecule has 0 heterocycles. The monoisotopic (exact) mass is 348 g/mol. The van der Waals surface area contributed by atoms with Crippen molar-refractivity contribution in [1.29, 1.82) is 0 Å². The van der Waals surface area contributed by atoms with Crippen LogP contribution in [0.25, 0.3) is 0 Å². The number of alkyl halides is 1. The maximum Gasteiger partial charge on any atom is 0.179 e. The Balaban J connectivity index is 1.72. The smallest absolute Gasteiger partial charge is 0.179 e. The van der Waals surface area contributed by atoms with Crippen LogP contribution in [-0.4, -0.2) is 28.2 Å². The van der Waals surface area contributed by atoms with Crippen molar-refractivity contribution in [3.63, 3.8) is 0 Å². The van der Waals surface area contributed by atoms with Gasteiger partial charge in [-0.3, -0.25) is 9.59 Å². The highest BCUT2D eigenvalue weighted by atomic mass is 35.5. The van der Waals surface area contributed by atoms with E-state index in [9.17, 15) is 14.7 Å². The van der Waals surface area contributed by atoms with E-state index in [0.717, 1.165) is 38.5 Å². The lowest BCUT2D eigenvalue weighted by Gasteiger charge is -2.51. The molecule has 2 saturated carbocycles. The van der Waals surface area contributed by atoms with Gasteiger partial charge in [-0.1, -0.05) is 12.5 Å². The van der Waals surface area contributed by atoms with Crippen LogP contribution in [0, 0.1) is 17.3 Å². The number of halogens is 1. The SMILES string of the molecule is C[C@]12CCC3=C4CCC(=O)C=C4CCC3C1CC[C@]2(O)C(=O)CCl. The molecule has 0 spiro atoms. The van der Waals surface area contributed by atoms with Crippen molar-refractivity contribution < 1.29 is 14.7 Å². The number of carbonyl (C=O) groups is 2. The van der Waals surface area contributed by atoms with E-state index in [-0.39, 0.29) is 22.9 Å². The summed E-state index contributed by atoms with van der Waals surface area (Å²) in [6.45, 7) is 2.10. The van der Waals surface area contributed by atoms with Gasteiger partial charge in [0.25, 0.3) is 0 Å². The molecule has 0 aliphatic heterocycles. The first kappa shape index (κ1) is 16.5. The number of fused-ring (bicyclic) bond motifs is 4. The van der Waals surface area contributed by atoms with Crippen molar-refractivity contribution in [2.24, 2.45) is 17.3 Å². The van der Waals surface area contributed by atoms with Crippen molar-refractivity contribution in [2.45, 2.75) is 63.9 Å². The summed E-state index contributed by atoms with van der Waals surface area (Å²) in [5.41, 5.74) is 2.58. The topological polar surface area (TPSA) is 54.4 Å². The largest absolute Gasteiger partial charge is 0.381 e. The van der Waals surface area contributed by atoms with Crippen LogP contribution in [0.2, 0.25) is 0 Å². The van der Waals surface area contributed by atoms with Crippen LogP contribution < -0.4 is 0 Å². The lowest BCUT2D eigenvalue weighted by Crippen LogP contribution is -2.54. The van der Waals surface area contributed by atoms with E-state index >= 15 is 0 Å². The Hall–Kier alpha value is -0.930. The fraction of sp³-hybridized carbons (Fsp3) is 0.700. The number of carbonyl (C=O) groups excluding carboxylic acids is 2. The molecule has 4 atom stereocenters. The summed E-state index contributed by atoms with van der Waals surface area (Å²) in [5, 5.41) is 11.2. The molecule has 130 valence electrons. The van der Waals surface area contributed by atoms with Gasteiger partial charge in [-0.25, -0.2) is 0 Å². The molecule has 1 N–H and O–H groups in total. The Morgan fingerprint density at radius 3 is 2.79 bits per heavy atom. The van der Waals surface area contributed by atoms with Crippen LogP contribution in [0.1, 0.15) is 58.3 Å². The minimum atomic E-state index is -1.26. The quantitative estimate of drug-likeness (QED) is 0.773. The first-order valence-corrected chi connectivity index (χ1v) is 9.71. The summed E-state index contributed by atoms with van der Waals surface area (Å²) in [7, 11) is 0. The normalized spacial score (nSPS) is 41.5. The van der Waals surface area contributed by atoms with Gasteiger partial charge in [0.15, 0.2) is 11.6 Å². The number of ketones is 2. The second kappa shape index (κ2) is 5.54. The number of hydrogen-bond acceptors (Lipinski definition) is 3. The van der Waals surface area contributed by atoms with Gasteiger partial charge in [-0.05, 0) is 74.0 Å². The van der Waals surface area contributed by atoms with Crippen LogP contribution in [0.15, 0.2) is 22.8 Å². The predicted molar refractivity (Wildman–Crippen MR) is 92.8 cm³/mol. The Labute approximate surface area is 148 Å². The van der Waals surface area contributed by atoms with E-state index in [2.05, 4.69) is 6.92 Å². The molecule has 0 bridgehead atoms. The molecule has 24 heavy (non-hydrogen) atoms. The third-order valence-corrected chi connectivity index (χ3v) is 7.71. The number of allylic oxidation sites excluding steroid dienone is 4. The molecule has 2 unspecified atom stereocenters. The Morgan fingerprint density at radius 2 is 2.04 bits per heavy atom. The summed E-state index contributed by atoms with van der Waals surface area (Å²) in [6, 6.07) is 0. The molecule has 4 heteroatoms. The van der Waals surface area contributed by atoms with Gasteiger partial charge in [0.1, 0.15) is 5.60 Å². The molecule has 0 aromatic rings. The van der Waals surface area contributed by atoms with Crippen molar-refractivity contribution in [3.8, 4) is 0 Å². The van der Waals surface area contributed by atoms with E-state index in [4.69, 9.17) is 11.6 Å². The third-order valence-electron chi connectivity index (χ3n) is 7.47. The zero-order valence-electron chi connectivity index (χ0n) is 14.2. The van der Waals surface area contributed by atoms with Crippen LogP contribution in [-0.2, 0) is 9.59 Å². The van der Waals surface area contributed by atoms with Gasteiger partial charge >= 0.3 is 0 Å². The first-order valence-electron chi connectivity index (χ1n) is 9.18. The predicted octanol–water partition coefficient (Wildman–Crippen LogP) is 3.73. The molecular formula is C20H25ClO3. The van der Waals surface area contributed by atoms with E-state index in [0.29, 0.717) is 24.7 Å². The standard InChI is InChI=1S/C20H25ClO3/c1-19-8-6-15-14-5-3-13(22)10-12(14)2-4-16(15)17(19)7-9-20(19,24)18(23)11-21/h10,16-17,24H,2-9,11H2,1H3/t16?,17?,19-,20-/m0/s1. The molecule has 0 amide bonds. The van der Waals surface area contributed by atoms with Crippen LogP contribution >= 0.6 is 11.6 Å². The second-order valence-electron chi connectivity index (χ2n) is 8.26. The van der Waals surface area contributed by atoms with E-state index in [1.165, 1.54) is 16.7 Å². The Kier molecular flexibility index (Phi) is 3.81. The lowest BCUT2D eigenvalue weighted by molar-refractivity contribution is -0.151. The number of rotatable bonds is 2. The molecule has 0 saturated heterocycles. The molecular weight excluding hydrogens is 324 g/mol. The van der Waals surface area contributed by atoms with Gasteiger partial charge in [0.2, 0.25) is 0 Å². The maximum atomic E-state index is 12.4. The highest BCUT2D eigenvalue weighted by Crippen LogP contribution is 2.63. The lowest BCUT2D eigenvalue weighted by atomic mass is 9.54. The van der Waals surface area contributed by atoms with E-state index in [1.807, 2.05) is 6.08 Å². The molecule has 2 fully saturated rings. The summed E-state index contributed by atoms with van der Waals surface area (Å²) >= 11 is 5.80. The van der Waals surface area contributed by atoms with Crippen LogP contribution in [0.3, 0.4) is 0 Å². The fourth-order valence-corrected chi connectivity index (χ4v) is 6.34. The summed E-state index contributed by atoms with van der Waals surface area (Å²) in [6.07, 6.45) is 8.60. The van der Waals surface area contributed by atoms with Crippen molar-refractivity contribution >= 4 is 23.2 Å². The number of aliphatic hydroxyl groups is 1. The zero-order valence-corrected chi connectivity index (χ0v) is 15.0. The minimum absolute atomic E-state index is 0.105. The molecule has 0 aromatic heterocycles. The van der Waals surface area contributed by atoms with Crippen molar-refractivity contribution in [3.05, 3.63) is 22.8 Å². The summed E-state index contributed by atoms with van der Waals surface area (Å²) in [4.78, 5) is 24.1. The highest BCUT2D eigenvalue weighted by Gasteiger charge is 2.63. The van der Waals surface area contributed by atoms with Gasteiger partial charge < -0.3 is 5.11 Å². The van der Waals surface area contributed by atoms with Gasteiger partial charge in [0, 0.05) is 11.8 Å². The van der Waals surface area contributed by atoms with Gasteiger partial charge in [-0.15, -0.1) is 11.6 Å². The van der Waals surface area contributed by atoms with E-state index in [1.54, 1.807) is 0 Å². The zero-order chi connectivity index (χ0) is 17.1. The summed E-state index contributed by atoms with van der Waals surface area (Å²) < 4.78 is 0. The summed E-state index contributed by atoms with van der Waals surface area (Å²) in [5.74, 6) is 0.763. The first-order chi connectivity index (χ1) is 11.4. The van der Waals surface area contributed by atoms with Crippen LogP contribution in [0.4, 0.5) is 0 Å². The fourth-order valence-electron chi connectivity index (χ4n) is 6.12. The van der Waals surface area contributed by atoms with Gasteiger partial charge in [0.05, 0.1) is 5.88 Å². The van der Waals surface area contributed by atoms with Crippen molar-refractivity contribution in [1.82, 2.24) is 0 Å². The molecule has 4 aliphatic carbocycles. The second-order valence-corrected chi connectivity index (χ2v) is 8.53. The number of Topliss-reactive ketones (excluding diaryl/α,β-unsaturated/α-hetero) is 1. The molecule has 0 radical (unpaired) electrons. The highest BCUT2D eigenvalue weighted by molar-refractivity contribution is 6.29. The van der Waals surface area contributed by atoms with Gasteiger partial charge in [-0.2, -0.15) is 0 Å². The average Bonchev–Trinajstić information content (AvgIpc) is 2.86. The van der Waals surface area contributed by atoms with Crippen LogP contribution in [0.5, 0.6) is 0 Å². The van der Waals surface area contributed by atoms with Crippen molar-refractivity contribution in [2.75, 3.05) is 5.88 Å².